The molecule has 0 bridgehead atoms. The highest BCUT2D eigenvalue weighted by atomic mass is 16.5. The summed E-state index contributed by atoms with van der Waals surface area (Å²) < 4.78 is 6.07. The maximum absolute atomic E-state index is 13.1. The summed E-state index contributed by atoms with van der Waals surface area (Å²) in [6.07, 6.45) is 9.18. The molecule has 2 unspecified atom stereocenters. The van der Waals surface area contributed by atoms with Crippen LogP contribution in [0.3, 0.4) is 0 Å². The molecule has 1 aromatic carbocycles. The Morgan fingerprint density at radius 3 is 2.50 bits per heavy atom. The molecule has 1 aromatic heterocycles. The number of nitrogens with zero attached hydrogens (tertiary/aromatic N) is 2. The predicted octanol–water partition coefficient (Wildman–Crippen LogP) is 3.84. The van der Waals surface area contributed by atoms with Crippen LogP contribution in [0.25, 0.3) is 0 Å². The van der Waals surface area contributed by atoms with Gasteiger partial charge < -0.3 is 20.3 Å². The fraction of sp³-hybridized carbons (Fsp3) is 0.519. The molecule has 2 aromatic rings. The Morgan fingerprint density at radius 1 is 1.06 bits per heavy atom. The lowest BCUT2D eigenvalue weighted by molar-refractivity contribution is -0.130. The van der Waals surface area contributed by atoms with Crippen LogP contribution in [0.4, 0.5) is 5.82 Å². The zero-order valence-corrected chi connectivity index (χ0v) is 19.8. The van der Waals surface area contributed by atoms with Gasteiger partial charge in [-0.2, -0.15) is 0 Å². The molecule has 1 saturated heterocycles. The third-order valence-corrected chi connectivity index (χ3v) is 7.06. The molecule has 2 saturated carbocycles. The van der Waals surface area contributed by atoms with Crippen LogP contribution >= 0.6 is 0 Å². The number of para-hydroxylation sites is 1. The first kappa shape index (κ1) is 22.7. The maximum atomic E-state index is 13.1. The summed E-state index contributed by atoms with van der Waals surface area (Å²) in [5.74, 6) is 1.61. The van der Waals surface area contributed by atoms with E-state index in [-0.39, 0.29) is 17.9 Å². The molecule has 0 radical (unpaired) electrons. The molecule has 0 spiro atoms. The van der Waals surface area contributed by atoms with Gasteiger partial charge in [0.15, 0.2) is 5.60 Å². The number of nitrogens with one attached hydrogen (secondary N) is 2. The van der Waals surface area contributed by atoms with E-state index < -0.39 is 5.60 Å². The summed E-state index contributed by atoms with van der Waals surface area (Å²) in [5.41, 5.74) is -0.102. The number of anilines is 1. The van der Waals surface area contributed by atoms with Crippen molar-refractivity contribution < 1.29 is 14.3 Å². The number of amides is 2. The van der Waals surface area contributed by atoms with Crippen LogP contribution in [-0.4, -0.2) is 47.1 Å². The minimum absolute atomic E-state index is 0.00852. The zero-order valence-electron chi connectivity index (χ0n) is 19.8. The minimum atomic E-state index is -0.711. The Balaban J connectivity index is 1.19. The Kier molecular flexibility index (Phi) is 6.44. The number of rotatable bonds is 9. The molecule has 3 aliphatic rings. The van der Waals surface area contributed by atoms with Gasteiger partial charge in [-0.25, -0.2) is 4.98 Å². The monoisotopic (exact) mass is 462 g/mol. The van der Waals surface area contributed by atoms with Gasteiger partial charge in [-0.1, -0.05) is 31.5 Å². The van der Waals surface area contributed by atoms with E-state index in [4.69, 9.17) is 4.74 Å². The largest absolute Gasteiger partial charge is 0.477 e. The van der Waals surface area contributed by atoms with Gasteiger partial charge in [0, 0.05) is 43.7 Å². The highest BCUT2D eigenvalue weighted by Crippen LogP contribution is 2.41. The van der Waals surface area contributed by atoms with E-state index in [9.17, 15) is 9.59 Å². The molecule has 3 fully saturated rings. The van der Waals surface area contributed by atoms with Crippen molar-refractivity contribution in [1.82, 2.24) is 15.6 Å². The first-order chi connectivity index (χ1) is 16.6. The molecule has 2 N–H and O–H groups in total. The van der Waals surface area contributed by atoms with Crippen LogP contribution in [-0.2, 0) is 4.79 Å². The van der Waals surface area contributed by atoms with Gasteiger partial charge >= 0.3 is 0 Å². The number of ether oxygens (including phenoxy) is 1. The molecule has 7 heteroatoms. The predicted molar refractivity (Wildman–Crippen MR) is 131 cm³/mol. The summed E-state index contributed by atoms with van der Waals surface area (Å²) in [5, 5.41) is 6.30. The summed E-state index contributed by atoms with van der Waals surface area (Å²) in [4.78, 5) is 32.3. The van der Waals surface area contributed by atoms with Crippen molar-refractivity contribution in [2.45, 2.75) is 82.0 Å². The summed E-state index contributed by atoms with van der Waals surface area (Å²) >= 11 is 0. The number of carbonyl (C=O) groups is 2. The SMILES string of the molecule is CCCC1CC(NC(=O)C2(Oc3ccccc3)CC2)CCN1c1ccc(C(=O)NC2CC2)cn1. The number of hydrogen-bond donors (Lipinski definition) is 2. The van der Waals surface area contributed by atoms with E-state index in [0.29, 0.717) is 17.6 Å². The van der Waals surface area contributed by atoms with Crippen LogP contribution in [0, 0.1) is 0 Å². The number of hydrogen-bond acceptors (Lipinski definition) is 5. The first-order valence-electron chi connectivity index (χ1n) is 12.6. The number of benzene rings is 1. The van der Waals surface area contributed by atoms with Gasteiger partial charge in [0.05, 0.1) is 5.56 Å². The molecule has 5 rings (SSSR count). The van der Waals surface area contributed by atoms with E-state index in [1.165, 1.54) is 0 Å². The average molecular weight is 463 g/mol. The lowest BCUT2D eigenvalue weighted by Gasteiger charge is -2.41. The fourth-order valence-electron chi connectivity index (χ4n) is 4.80. The van der Waals surface area contributed by atoms with Crippen molar-refractivity contribution in [3.05, 3.63) is 54.2 Å². The lowest BCUT2D eigenvalue weighted by Crippen LogP contribution is -2.53. The third kappa shape index (κ3) is 5.18. The van der Waals surface area contributed by atoms with Crippen LogP contribution in [0.15, 0.2) is 48.7 Å². The highest BCUT2D eigenvalue weighted by molar-refractivity contribution is 5.94. The Bertz CT molecular complexity index is 1000. The van der Waals surface area contributed by atoms with Crippen molar-refractivity contribution in [2.75, 3.05) is 11.4 Å². The van der Waals surface area contributed by atoms with E-state index in [2.05, 4.69) is 27.4 Å². The Labute approximate surface area is 201 Å². The molecule has 7 nitrogen and oxygen atoms in total. The molecule has 180 valence electrons. The van der Waals surface area contributed by atoms with Crippen molar-refractivity contribution >= 4 is 17.6 Å². The summed E-state index contributed by atoms with van der Waals surface area (Å²) in [6.45, 7) is 3.01. The zero-order chi connectivity index (χ0) is 23.5. The second-order valence-corrected chi connectivity index (χ2v) is 9.89. The number of piperidine rings is 1. The lowest BCUT2D eigenvalue weighted by atomic mass is 9.93. The van der Waals surface area contributed by atoms with Gasteiger partial charge in [-0.05, 0) is 56.4 Å². The van der Waals surface area contributed by atoms with Gasteiger partial charge in [-0.15, -0.1) is 0 Å². The average Bonchev–Trinajstić information content (AvgIpc) is 3.78. The standard InChI is InChI=1S/C27H34N4O3/c1-2-6-22-17-21(30-26(33)27(14-15-27)34-23-7-4-3-5-8-23)13-16-31(22)24-12-9-19(18-28-24)25(32)29-20-10-11-20/h3-5,7-9,12,18,20-22H,2,6,10-11,13-17H2,1H3,(H,29,32)(H,30,33). The fourth-order valence-corrected chi connectivity index (χ4v) is 4.80. The maximum Gasteiger partial charge on any atom is 0.264 e. The molecular weight excluding hydrogens is 428 g/mol. The van der Waals surface area contributed by atoms with Crippen LogP contribution in [0.1, 0.15) is 68.6 Å². The van der Waals surface area contributed by atoms with Crippen molar-refractivity contribution in [3.63, 3.8) is 0 Å². The van der Waals surface area contributed by atoms with Crippen molar-refractivity contribution in [3.8, 4) is 5.75 Å². The molecule has 2 heterocycles. The molecule has 1 aliphatic heterocycles. The van der Waals surface area contributed by atoms with E-state index in [0.717, 1.165) is 69.5 Å². The van der Waals surface area contributed by atoms with E-state index in [1.54, 1.807) is 6.20 Å². The molecule has 34 heavy (non-hydrogen) atoms. The van der Waals surface area contributed by atoms with Gasteiger partial charge in [0.2, 0.25) is 0 Å². The summed E-state index contributed by atoms with van der Waals surface area (Å²) in [7, 11) is 0. The number of pyridine rings is 1. The van der Waals surface area contributed by atoms with E-state index in [1.807, 2.05) is 42.5 Å². The first-order valence-corrected chi connectivity index (χ1v) is 12.6. The second-order valence-electron chi connectivity index (χ2n) is 9.89. The van der Waals surface area contributed by atoms with Crippen molar-refractivity contribution in [2.24, 2.45) is 0 Å². The van der Waals surface area contributed by atoms with Crippen LogP contribution in [0.5, 0.6) is 5.75 Å². The smallest absolute Gasteiger partial charge is 0.264 e. The van der Waals surface area contributed by atoms with Crippen molar-refractivity contribution in [1.29, 1.82) is 0 Å². The third-order valence-electron chi connectivity index (χ3n) is 7.06. The quantitative estimate of drug-likeness (QED) is 0.592. The van der Waals surface area contributed by atoms with E-state index >= 15 is 0 Å². The molecular formula is C27H34N4O3. The number of aromatic nitrogens is 1. The van der Waals surface area contributed by atoms with Gasteiger partial charge in [0.25, 0.3) is 11.8 Å². The van der Waals surface area contributed by atoms with Gasteiger partial charge in [-0.3, -0.25) is 9.59 Å². The molecule has 2 amide bonds. The van der Waals surface area contributed by atoms with Crippen LogP contribution in [0.2, 0.25) is 0 Å². The summed E-state index contributed by atoms with van der Waals surface area (Å²) in [6, 6.07) is 14.2. The molecule has 2 atom stereocenters. The normalized spacial score (nSPS) is 23.1. The molecule has 2 aliphatic carbocycles. The topological polar surface area (TPSA) is 83.6 Å². The Hall–Kier alpha value is -3.09. The highest BCUT2D eigenvalue weighted by Gasteiger charge is 2.53. The number of carbonyl (C=O) groups excluding carboxylic acids is 2. The van der Waals surface area contributed by atoms with Gasteiger partial charge in [0.1, 0.15) is 11.6 Å². The minimum Gasteiger partial charge on any atom is -0.477 e. The Morgan fingerprint density at radius 2 is 1.85 bits per heavy atom. The van der Waals surface area contributed by atoms with Crippen LogP contribution < -0.4 is 20.3 Å². The second kappa shape index (κ2) is 9.65.